The fourth-order valence-corrected chi connectivity index (χ4v) is 2.77. The Morgan fingerprint density at radius 1 is 1.05 bits per heavy atom. The van der Waals surface area contributed by atoms with Crippen LogP contribution in [0.15, 0.2) is 40.8 Å². The molecule has 4 nitrogen and oxygen atoms in total. The fourth-order valence-electron chi connectivity index (χ4n) is 2.77. The van der Waals surface area contributed by atoms with Crippen LogP contribution in [0.3, 0.4) is 0 Å². The number of hydrogen-bond acceptors (Lipinski definition) is 4. The van der Waals surface area contributed by atoms with E-state index in [1.165, 1.54) is 11.4 Å². The lowest BCUT2D eigenvalue weighted by molar-refractivity contribution is 0.445. The Hall–Kier alpha value is -1.94. The first-order valence-electron chi connectivity index (χ1n) is 7.61. The molecule has 1 N–H and O–H groups in total. The third-order valence-electron chi connectivity index (χ3n) is 3.95. The maximum absolute atomic E-state index is 5.91. The first-order chi connectivity index (χ1) is 10.3. The quantitative estimate of drug-likeness (QED) is 0.915. The summed E-state index contributed by atoms with van der Waals surface area (Å²) in [5, 5.41) is 3.29. The molecule has 0 amide bonds. The van der Waals surface area contributed by atoms with Crippen molar-refractivity contribution in [1.82, 2.24) is 5.32 Å². The van der Waals surface area contributed by atoms with Crippen molar-refractivity contribution in [3.63, 3.8) is 0 Å². The molecule has 0 unspecified atom stereocenters. The van der Waals surface area contributed by atoms with Crippen LogP contribution in [0.2, 0.25) is 0 Å². The number of nitrogens with one attached hydrogen (secondary N) is 1. The zero-order valence-electron chi connectivity index (χ0n) is 12.8. The number of fused-ring (bicyclic) bond motifs is 1. The number of hydrogen-bond donors (Lipinski definition) is 1. The van der Waals surface area contributed by atoms with Crippen LogP contribution in [-0.4, -0.2) is 26.7 Å². The molecule has 1 aliphatic rings. The van der Waals surface area contributed by atoms with Crippen molar-refractivity contribution in [3.8, 4) is 0 Å². The van der Waals surface area contributed by atoms with Crippen molar-refractivity contribution >= 4 is 11.4 Å². The number of rotatable bonds is 5. The predicted molar refractivity (Wildman–Crippen MR) is 86.9 cm³/mol. The molecule has 0 saturated heterocycles. The van der Waals surface area contributed by atoms with Gasteiger partial charge in [-0.2, -0.15) is 0 Å². The van der Waals surface area contributed by atoms with E-state index in [2.05, 4.69) is 65.5 Å². The highest BCUT2D eigenvalue weighted by Gasteiger charge is 2.20. The van der Waals surface area contributed by atoms with Gasteiger partial charge in [0.25, 0.3) is 0 Å². The fraction of sp³-hybridized carbons (Fsp3) is 0.412. The summed E-state index contributed by atoms with van der Waals surface area (Å²) in [5.41, 5.74) is 2.58. The number of benzene rings is 1. The van der Waals surface area contributed by atoms with Crippen LogP contribution in [0.1, 0.15) is 18.4 Å². The lowest BCUT2D eigenvalue weighted by atomic mass is 10.1. The van der Waals surface area contributed by atoms with Crippen LogP contribution >= 0.6 is 0 Å². The van der Waals surface area contributed by atoms with Gasteiger partial charge in [-0.05, 0) is 30.8 Å². The van der Waals surface area contributed by atoms with Crippen molar-refractivity contribution in [3.05, 3.63) is 47.9 Å². The molecule has 1 aromatic carbocycles. The predicted octanol–water partition coefficient (Wildman–Crippen LogP) is 2.85. The van der Waals surface area contributed by atoms with Gasteiger partial charge in [-0.3, -0.25) is 0 Å². The Morgan fingerprint density at radius 3 is 2.62 bits per heavy atom. The van der Waals surface area contributed by atoms with E-state index < -0.39 is 0 Å². The van der Waals surface area contributed by atoms with Crippen LogP contribution in [0.4, 0.5) is 11.4 Å². The molecule has 1 aliphatic heterocycles. The zero-order chi connectivity index (χ0) is 14.7. The van der Waals surface area contributed by atoms with Gasteiger partial charge in [-0.1, -0.05) is 19.1 Å². The molecule has 2 heterocycles. The molecule has 112 valence electrons. The summed E-state index contributed by atoms with van der Waals surface area (Å²) in [6.45, 7) is 6.76. The highest BCUT2D eigenvalue weighted by Crippen LogP contribution is 2.32. The van der Waals surface area contributed by atoms with E-state index in [0.29, 0.717) is 0 Å². The minimum absolute atomic E-state index is 0.801. The zero-order valence-corrected chi connectivity index (χ0v) is 12.8. The summed E-state index contributed by atoms with van der Waals surface area (Å²) in [4.78, 5) is 4.70. The van der Waals surface area contributed by atoms with Crippen LogP contribution in [0, 0.1) is 0 Å². The monoisotopic (exact) mass is 285 g/mol. The standard InChI is InChI=1S/C17H23N3O/c1-3-18-12-14-8-9-15(21-14)13-20-11-10-19(2)16-6-4-5-7-17(16)20/h4-9,18H,3,10-13H2,1-2H3. The molecule has 0 atom stereocenters. The van der Waals surface area contributed by atoms with Crippen LogP contribution < -0.4 is 15.1 Å². The van der Waals surface area contributed by atoms with Crippen LogP contribution in [0.25, 0.3) is 0 Å². The highest BCUT2D eigenvalue weighted by atomic mass is 16.3. The molecular formula is C17H23N3O. The maximum Gasteiger partial charge on any atom is 0.123 e. The van der Waals surface area contributed by atoms with Gasteiger partial charge in [0, 0.05) is 20.1 Å². The van der Waals surface area contributed by atoms with Gasteiger partial charge < -0.3 is 19.5 Å². The normalized spacial score (nSPS) is 14.4. The molecule has 21 heavy (non-hydrogen) atoms. The second kappa shape index (κ2) is 6.22. The number of furan rings is 1. The van der Waals surface area contributed by atoms with Gasteiger partial charge in [0.15, 0.2) is 0 Å². The van der Waals surface area contributed by atoms with E-state index in [4.69, 9.17) is 4.42 Å². The van der Waals surface area contributed by atoms with Gasteiger partial charge in [0.2, 0.25) is 0 Å². The molecule has 0 saturated carbocycles. The molecule has 0 fully saturated rings. The van der Waals surface area contributed by atoms with E-state index >= 15 is 0 Å². The van der Waals surface area contributed by atoms with E-state index in [9.17, 15) is 0 Å². The molecule has 1 aromatic heterocycles. The Bertz CT molecular complexity index is 593. The maximum atomic E-state index is 5.91. The molecule has 0 radical (unpaired) electrons. The molecule has 0 aliphatic carbocycles. The van der Waals surface area contributed by atoms with Crippen LogP contribution in [0.5, 0.6) is 0 Å². The lowest BCUT2D eigenvalue weighted by Crippen LogP contribution is -2.38. The van der Waals surface area contributed by atoms with Gasteiger partial charge in [0.1, 0.15) is 11.5 Å². The minimum atomic E-state index is 0.801. The number of anilines is 2. The topological polar surface area (TPSA) is 31.6 Å². The average molecular weight is 285 g/mol. The molecule has 2 aromatic rings. The number of likely N-dealkylation sites (N-methyl/N-ethyl adjacent to an activating group) is 1. The van der Waals surface area contributed by atoms with E-state index in [1.54, 1.807) is 0 Å². The average Bonchev–Trinajstić information content (AvgIpc) is 2.96. The molecule has 0 bridgehead atoms. The summed E-state index contributed by atoms with van der Waals surface area (Å²) in [6, 6.07) is 12.7. The van der Waals surface area contributed by atoms with E-state index in [1.807, 2.05) is 0 Å². The van der Waals surface area contributed by atoms with Crippen molar-refractivity contribution < 1.29 is 4.42 Å². The third kappa shape index (κ3) is 3.05. The Labute approximate surface area is 126 Å². The molecule has 4 heteroatoms. The Balaban J connectivity index is 1.73. The second-order valence-electron chi connectivity index (χ2n) is 5.48. The van der Waals surface area contributed by atoms with Crippen molar-refractivity contribution in [2.75, 3.05) is 36.5 Å². The summed E-state index contributed by atoms with van der Waals surface area (Å²) in [6.07, 6.45) is 0. The lowest BCUT2D eigenvalue weighted by Gasteiger charge is -2.36. The van der Waals surface area contributed by atoms with Crippen molar-refractivity contribution in [2.24, 2.45) is 0 Å². The smallest absolute Gasteiger partial charge is 0.123 e. The SMILES string of the molecule is CCNCc1ccc(CN2CCN(C)c3ccccc32)o1. The summed E-state index contributed by atoms with van der Waals surface area (Å²) < 4.78 is 5.91. The minimum Gasteiger partial charge on any atom is -0.463 e. The summed E-state index contributed by atoms with van der Waals surface area (Å²) in [7, 11) is 2.15. The van der Waals surface area contributed by atoms with Crippen LogP contribution in [-0.2, 0) is 13.1 Å². The first kappa shape index (κ1) is 14.0. The van der Waals surface area contributed by atoms with E-state index in [0.717, 1.165) is 44.2 Å². The Morgan fingerprint density at radius 2 is 1.81 bits per heavy atom. The number of para-hydroxylation sites is 2. The largest absolute Gasteiger partial charge is 0.463 e. The van der Waals surface area contributed by atoms with Gasteiger partial charge in [-0.25, -0.2) is 0 Å². The number of nitrogens with zero attached hydrogens (tertiary/aromatic N) is 2. The van der Waals surface area contributed by atoms with E-state index in [-0.39, 0.29) is 0 Å². The molecule has 0 spiro atoms. The van der Waals surface area contributed by atoms with Crippen molar-refractivity contribution in [1.29, 1.82) is 0 Å². The Kier molecular flexibility index (Phi) is 4.15. The van der Waals surface area contributed by atoms with Gasteiger partial charge >= 0.3 is 0 Å². The summed E-state index contributed by atoms with van der Waals surface area (Å²) >= 11 is 0. The van der Waals surface area contributed by atoms with Gasteiger partial charge in [-0.15, -0.1) is 0 Å². The third-order valence-corrected chi connectivity index (χ3v) is 3.95. The first-order valence-corrected chi connectivity index (χ1v) is 7.61. The molecular weight excluding hydrogens is 262 g/mol. The van der Waals surface area contributed by atoms with Gasteiger partial charge in [0.05, 0.1) is 24.5 Å². The summed E-state index contributed by atoms with van der Waals surface area (Å²) in [5.74, 6) is 2.04. The molecule has 3 rings (SSSR count). The highest BCUT2D eigenvalue weighted by molar-refractivity contribution is 5.72. The van der Waals surface area contributed by atoms with Crippen molar-refractivity contribution in [2.45, 2.75) is 20.0 Å². The second-order valence-corrected chi connectivity index (χ2v) is 5.48.